The largest absolute Gasteiger partial charge is 0.462 e. The van der Waals surface area contributed by atoms with Gasteiger partial charge in [0.05, 0.1) is 5.92 Å². The quantitative estimate of drug-likeness (QED) is 0.151. The van der Waals surface area contributed by atoms with Crippen LogP contribution in [0.1, 0.15) is 144 Å². The molecule has 3 saturated carbocycles. The maximum Gasteiger partial charge on any atom is 0.309 e. The van der Waals surface area contributed by atoms with Crippen molar-refractivity contribution in [3.05, 3.63) is 69.8 Å². The maximum absolute atomic E-state index is 14.9. The topological polar surface area (TPSA) is 26.3 Å². The lowest BCUT2D eigenvalue weighted by atomic mass is 9.69. The minimum absolute atomic E-state index is 0.0474. The molecule has 44 heavy (non-hydrogen) atoms. The molecule has 0 radical (unpaired) electrons. The number of carbonyl (C=O) groups is 1. The van der Waals surface area contributed by atoms with Crippen LogP contribution in [0.3, 0.4) is 0 Å². The highest BCUT2D eigenvalue weighted by molar-refractivity contribution is 5.72. The lowest BCUT2D eigenvalue weighted by Gasteiger charge is -2.38. The zero-order valence-corrected chi connectivity index (χ0v) is 26.6. The van der Waals surface area contributed by atoms with E-state index in [1.165, 1.54) is 0 Å². The highest BCUT2D eigenvalue weighted by atomic mass is 19.2. The van der Waals surface area contributed by atoms with Gasteiger partial charge in [0.15, 0.2) is 23.3 Å². The van der Waals surface area contributed by atoms with E-state index in [0.717, 1.165) is 70.6 Å². The summed E-state index contributed by atoms with van der Waals surface area (Å²) in [5.74, 6) is -1.83. The van der Waals surface area contributed by atoms with E-state index in [9.17, 15) is 22.4 Å². The van der Waals surface area contributed by atoms with Gasteiger partial charge in [0, 0.05) is 0 Å². The number of esters is 1. The Bertz CT molecular complexity index is 1250. The molecule has 0 N–H and O–H groups in total. The molecule has 0 saturated heterocycles. The normalized spacial score (nSPS) is 27.7. The molecule has 3 aliphatic carbocycles. The number of hydrogen-bond donors (Lipinski definition) is 0. The maximum atomic E-state index is 14.9. The van der Waals surface area contributed by atoms with Crippen molar-refractivity contribution in [1.29, 1.82) is 0 Å². The first kappa shape index (κ1) is 33.0. The van der Waals surface area contributed by atoms with Crippen LogP contribution in [0.25, 0.3) is 0 Å². The van der Waals surface area contributed by atoms with Gasteiger partial charge in [-0.15, -0.1) is 0 Å². The summed E-state index contributed by atoms with van der Waals surface area (Å²) in [6, 6.07) is 7.04. The number of ether oxygens (including phenoxy) is 1. The lowest BCUT2D eigenvalue weighted by molar-refractivity contribution is -0.157. The smallest absolute Gasteiger partial charge is 0.309 e. The summed E-state index contributed by atoms with van der Waals surface area (Å²) in [6.07, 6.45) is 14.2. The minimum atomic E-state index is -0.707. The fourth-order valence-corrected chi connectivity index (χ4v) is 8.35. The Balaban J connectivity index is 1.04. The summed E-state index contributed by atoms with van der Waals surface area (Å²) < 4.78 is 64.7. The highest BCUT2D eigenvalue weighted by Crippen LogP contribution is 2.45. The Morgan fingerprint density at radius 1 is 0.636 bits per heavy atom. The molecule has 0 bridgehead atoms. The number of unbranched alkanes of at least 4 members (excludes halogenated alkanes) is 2. The van der Waals surface area contributed by atoms with Gasteiger partial charge >= 0.3 is 5.97 Å². The first-order valence-electron chi connectivity index (χ1n) is 17.4. The third kappa shape index (κ3) is 7.53. The summed E-state index contributed by atoms with van der Waals surface area (Å²) in [4.78, 5) is 13.0. The first-order chi connectivity index (χ1) is 21.3. The molecule has 5 rings (SSSR count). The SMILES string of the molecule is CCCCCc1ccc(C2CCC(C(=O)OC3CCC(C4CCC(c5ccc(CC)c(F)c5F)CC4)CC3)CC2)c(F)c1F. The number of hydrogen-bond acceptors (Lipinski definition) is 2. The van der Waals surface area contributed by atoms with Gasteiger partial charge in [0.2, 0.25) is 0 Å². The van der Waals surface area contributed by atoms with E-state index in [2.05, 4.69) is 6.92 Å². The number of benzene rings is 2. The van der Waals surface area contributed by atoms with Crippen LogP contribution in [0, 0.1) is 41.0 Å². The van der Waals surface area contributed by atoms with Crippen molar-refractivity contribution in [2.24, 2.45) is 17.8 Å². The van der Waals surface area contributed by atoms with Crippen LogP contribution in [0.4, 0.5) is 17.6 Å². The summed E-state index contributed by atoms with van der Waals surface area (Å²) in [5.41, 5.74) is 1.89. The Kier molecular flexibility index (Phi) is 11.5. The zero-order valence-electron chi connectivity index (χ0n) is 26.6. The van der Waals surface area contributed by atoms with Crippen LogP contribution in [-0.4, -0.2) is 12.1 Å². The highest BCUT2D eigenvalue weighted by Gasteiger charge is 2.35. The minimum Gasteiger partial charge on any atom is -0.462 e. The second-order valence-corrected chi connectivity index (χ2v) is 13.8. The average molecular weight is 615 g/mol. The Morgan fingerprint density at radius 3 is 1.68 bits per heavy atom. The van der Waals surface area contributed by atoms with Crippen molar-refractivity contribution in [2.45, 2.75) is 141 Å². The molecule has 242 valence electrons. The molecule has 0 aromatic heterocycles. The average Bonchev–Trinajstić information content (AvgIpc) is 3.05. The molecule has 2 aromatic rings. The van der Waals surface area contributed by atoms with Gasteiger partial charge < -0.3 is 4.74 Å². The standard InChI is InChI=1S/C38H50F4O2/c1-3-5-6-7-29-19-23-33(37(42)35(29)40)28-12-14-30(15-13-28)38(43)44-31-20-16-26(17-21-31)25-8-10-27(11-9-25)32-22-18-24(4-2)34(39)36(32)41/h18-19,22-23,25-28,30-31H,3-17,20-21H2,1-2H3. The Labute approximate surface area is 261 Å². The van der Waals surface area contributed by atoms with Crippen LogP contribution < -0.4 is 0 Å². The molecule has 0 heterocycles. The van der Waals surface area contributed by atoms with Crippen LogP contribution in [0.15, 0.2) is 24.3 Å². The zero-order chi connectivity index (χ0) is 31.2. The van der Waals surface area contributed by atoms with Crippen molar-refractivity contribution < 1.29 is 27.1 Å². The van der Waals surface area contributed by atoms with Crippen molar-refractivity contribution in [3.8, 4) is 0 Å². The summed E-state index contributed by atoms with van der Waals surface area (Å²) in [6.45, 7) is 3.93. The molecule has 3 aliphatic rings. The molecule has 0 spiro atoms. The number of halogens is 4. The Morgan fingerprint density at radius 2 is 1.14 bits per heavy atom. The summed E-state index contributed by atoms with van der Waals surface area (Å²) in [5, 5.41) is 0. The van der Waals surface area contributed by atoms with Crippen LogP contribution >= 0.6 is 0 Å². The van der Waals surface area contributed by atoms with Gasteiger partial charge in [0.25, 0.3) is 0 Å². The molecule has 6 heteroatoms. The predicted molar refractivity (Wildman–Crippen MR) is 167 cm³/mol. The lowest BCUT2D eigenvalue weighted by Crippen LogP contribution is -2.32. The van der Waals surface area contributed by atoms with Crippen LogP contribution in [0.5, 0.6) is 0 Å². The summed E-state index contributed by atoms with van der Waals surface area (Å²) in [7, 11) is 0. The number of aryl methyl sites for hydroxylation is 2. The van der Waals surface area contributed by atoms with E-state index < -0.39 is 23.3 Å². The van der Waals surface area contributed by atoms with Gasteiger partial charge in [-0.3, -0.25) is 4.79 Å². The van der Waals surface area contributed by atoms with Gasteiger partial charge in [-0.1, -0.05) is 51.0 Å². The van der Waals surface area contributed by atoms with Crippen molar-refractivity contribution in [1.82, 2.24) is 0 Å². The van der Waals surface area contributed by atoms with Gasteiger partial charge in [-0.2, -0.15) is 0 Å². The fraction of sp³-hybridized carbons (Fsp3) is 0.658. The van der Waals surface area contributed by atoms with E-state index in [1.807, 2.05) is 6.92 Å². The van der Waals surface area contributed by atoms with E-state index in [0.29, 0.717) is 72.6 Å². The molecule has 0 unspecified atom stereocenters. The third-order valence-electron chi connectivity index (χ3n) is 11.2. The molecular weight excluding hydrogens is 564 g/mol. The predicted octanol–water partition coefficient (Wildman–Crippen LogP) is 10.9. The van der Waals surface area contributed by atoms with Gasteiger partial charge in [0.1, 0.15) is 6.10 Å². The molecule has 3 fully saturated rings. The van der Waals surface area contributed by atoms with Crippen LogP contribution in [0.2, 0.25) is 0 Å². The molecule has 0 amide bonds. The number of rotatable bonds is 10. The van der Waals surface area contributed by atoms with E-state index in [4.69, 9.17) is 4.74 Å². The first-order valence-corrected chi connectivity index (χ1v) is 17.4. The fourth-order valence-electron chi connectivity index (χ4n) is 8.35. The second-order valence-electron chi connectivity index (χ2n) is 13.8. The van der Waals surface area contributed by atoms with Crippen molar-refractivity contribution in [3.63, 3.8) is 0 Å². The third-order valence-corrected chi connectivity index (χ3v) is 11.2. The van der Waals surface area contributed by atoms with Crippen molar-refractivity contribution >= 4 is 5.97 Å². The molecule has 0 atom stereocenters. The molecular formula is C38H50F4O2. The molecule has 0 aliphatic heterocycles. The van der Waals surface area contributed by atoms with E-state index in [1.54, 1.807) is 24.3 Å². The second kappa shape index (κ2) is 15.3. The van der Waals surface area contributed by atoms with Gasteiger partial charge in [-0.05, 0) is 142 Å². The summed E-state index contributed by atoms with van der Waals surface area (Å²) >= 11 is 0. The monoisotopic (exact) mass is 614 g/mol. The molecule has 2 aromatic carbocycles. The number of carbonyl (C=O) groups excluding carboxylic acids is 1. The van der Waals surface area contributed by atoms with Crippen LogP contribution in [-0.2, 0) is 22.4 Å². The van der Waals surface area contributed by atoms with Crippen molar-refractivity contribution in [2.75, 3.05) is 0 Å². The van der Waals surface area contributed by atoms with E-state index in [-0.39, 0.29) is 29.8 Å². The van der Waals surface area contributed by atoms with E-state index >= 15 is 0 Å². The van der Waals surface area contributed by atoms with Gasteiger partial charge in [-0.25, -0.2) is 17.6 Å². The Hall–Kier alpha value is -2.37. The molecule has 2 nitrogen and oxygen atoms in total.